The Morgan fingerprint density at radius 1 is 0.941 bits per heavy atom. The molecule has 7 heteroatoms. The largest absolute Gasteiger partial charge is 0.305 e. The highest BCUT2D eigenvalue weighted by Crippen LogP contribution is 2.25. The second kappa shape index (κ2) is 9.25. The van der Waals surface area contributed by atoms with Crippen molar-refractivity contribution in [1.29, 1.82) is 0 Å². The van der Waals surface area contributed by atoms with Crippen LogP contribution in [-0.4, -0.2) is 25.5 Å². The Morgan fingerprint density at radius 2 is 1.59 bits per heavy atom. The van der Waals surface area contributed by atoms with Crippen molar-refractivity contribution in [2.75, 3.05) is 5.32 Å². The van der Waals surface area contributed by atoms with E-state index in [4.69, 9.17) is 5.10 Å². The Morgan fingerprint density at radius 3 is 2.24 bits per heavy atom. The number of hydrogen-bond acceptors (Lipinski definition) is 4. The smallest absolute Gasteiger partial charge is 0.277 e. The Balaban J connectivity index is 1.76. The lowest BCUT2D eigenvalue weighted by Crippen LogP contribution is -2.29. The third kappa shape index (κ3) is 4.93. The summed E-state index contributed by atoms with van der Waals surface area (Å²) in [5.74, 6) is 0.429. The maximum Gasteiger partial charge on any atom is 0.277 e. The summed E-state index contributed by atoms with van der Waals surface area (Å²) in [4.78, 5) is 26.4. The maximum atomic E-state index is 13.5. The van der Waals surface area contributed by atoms with E-state index in [2.05, 4.69) is 31.2 Å². The van der Waals surface area contributed by atoms with Gasteiger partial charge in [-0.15, -0.1) is 0 Å². The molecule has 0 bridgehead atoms. The van der Waals surface area contributed by atoms with E-state index >= 15 is 0 Å². The zero-order valence-electron chi connectivity index (χ0n) is 20.4. The average Bonchev–Trinajstić information content (AvgIpc) is 3.19. The van der Waals surface area contributed by atoms with Crippen LogP contribution in [0.1, 0.15) is 56.4 Å². The van der Waals surface area contributed by atoms with E-state index in [-0.39, 0.29) is 28.5 Å². The fraction of sp³-hybridized carbons (Fsp3) is 0.333. The highest BCUT2D eigenvalue weighted by atomic mass is 16.2. The first-order chi connectivity index (χ1) is 16.1. The van der Waals surface area contributed by atoms with Gasteiger partial charge in [-0.1, -0.05) is 83.1 Å². The minimum Gasteiger partial charge on any atom is -0.305 e. The lowest BCUT2D eigenvalue weighted by molar-refractivity contribution is 0.102. The summed E-state index contributed by atoms with van der Waals surface area (Å²) >= 11 is 0. The summed E-state index contributed by atoms with van der Waals surface area (Å²) in [6.45, 7) is 11.2. The maximum absolute atomic E-state index is 13.5. The van der Waals surface area contributed by atoms with Crippen molar-refractivity contribution in [3.8, 4) is 0 Å². The number of aromatic nitrogens is 4. The van der Waals surface area contributed by atoms with Crippen LogP contribution in [0, 0.1) is 5.92 Å². The first-order valence-corrected chi connectivity index (χ1v) is 11.6. The molecule has 0 aliphatic carbocycles. The summed E-state index contributed by atoms with van der Waals surface area (Å²) in [6.07, 6.45) is 0. The number of nitrogens with one attached hydrogen (secondary N) is 1. The number of carbonyl (C=O) groups excluding carboxylic acids is 1. The minimum absolute atomic E-state index is 0.184. The predicted molar refractivity (Wildman–Crippen MR) is 135 cm³/mol. The SMILES string of the molecule is CC(C)Cn1nc(C(=O)Nc2cc(C(C)(C)C)nn2Cc2ccccc2)c2ccccc2c1=O. The van der Waals surface area contributed by atoms with Gasteiger partial charge in [-0.05, 0) is 17.5 Å². The first kappa shape index (κ1) is 23.4. The molecule has 0 spiro atoms. The van der Waals surface area contributed by atoms with Crippen LogP contribution in [-0.2, 0) is 18.5 Å². The molecule has 1 amide bonds. The van der Waals surface area contributed by atoms with Gasteiger partial charge in [0.2, 0.25) is 0 Å². The monoisotopic (exact) mass is 457 g/mol. The van der Waals surface area contributed by atoms with Gasteiger partial charge >= 0.3 is 0 Å². The zero-order valence-corrected chi connectivity index (χ0v) is 20.4. The van der Waals surface area contributed by atoms with Gasteiger partial charge < -0.3 is 5.32 Å². The summed E-state index contributed by atoms with van der Waals surface area (Å²) in [6, 6.07) is 19.0. The Kier molecular flexibility index (Phi) is 6.37. The average molecular weight is 458 g/mol. The van der Waals surface area contributed by atoms with Gasteiger partial charge in [0, 0.05) is 23.4 Å². The third-order valence-electron chi connectivity index (χ3n) is 5.59. The number of rotatable bonds is 6. The summed E-state index contributed by atoms with van der Waals surface area (Å²) < 4.78 is 3.20. The molecule has 34 heavy (non-hydrogen) atoms. The molecule has 0 aliphatic rings. The molecule has 0 saturated heterocycles. The second-order valence-corrected chi connectivity index (χ2v) is 10.0. The molecule has 2 aromatic carbocycles. The fourth-order valence-electron chi connectivity index (χ4n) is 3.81. The number of hydrogen-bond donors (Lipinski definition) is 1. The summed E-state index contributed by atoms with van der Waals surface area (Å²) in [5.41, 5.74) is 1.80. The van der Waals surface area contributed by atoms with E-state index in [1.165, 1.54) is 4.68 Å². The van der Waals surface area contributed by atoms with Crippen LogP contribution in [0.4, 0.5) is 5.82 Å². The molecule has 2 heterocycles. The van der Waals surface area contributed by atoms with Crippen molar-refractivity contribution < 1.29 is 4.79 Å². The molecule has 0 saturated carbocycles. The highest BCUT2D eigenvalue weighted by molar-refractivity contribution is 6.10. The van der Waals surface area contributed by atoms with Crippen molar-refractivity contribution in [2.24, 2.45) is 5.92 Å². The lowest BCUT2D eigenvalue weighted by Gasteiger charge is -2.14. The molecule has 7 nitrogen and oxygen atoms in total. The number of nitrogens with zero attached hydrogens (tertiary/aromatic N) is 4. The third-order valence-corrected chi connectivity index (χ3v) is 5.59. The number of amides is 1. The zero-order chi connectivity index (χ0) is 24.5. The van der Waals surface area contributed by atoms with Crippen molar-refractivity contribution in [1.82, 2.24) is 19.6 Å². The second-order valence-electron chi connectivity index (χ2n) is 10.0. The van der Waals surface area contributed by atoms with Crippen LogP contribution < -0.4 is 10.9 Å². The number of anilines is 1. The highest BCUT2D eigenvalue weighted by Gasteiger charge is 2.23. The van der Waals surface area contributed by atoms with E-state index in [1.54, 1.807) is 22.9 Å². The van der Waals surface area contributed by atoms with Gasteiger partial charge in [0.1, 0.15) is 5.82 Å². The van der Waals surface area contributed by atoms with Crippen LogP contribution >= 0.6 is 0 Å². The molecule has 4 aromatic rings. The lowest BCUT2D eigenvalue weighted by atomic mass is 9.92. The topological polar surface area (TPSA) is 81.8 Å². The molecule has 2 aromatic heterocycles. The van der Waals surface area contributed by atoms with Crippen molar-refractivity contribution >= 4 is 22.5 Å². The fourth-order valence-corrected chi connectivity index (χ4v) is 3.81. The normalized spacial score (nSPS) is 11.8. The molecule has 0 fully saturated rings. The van der Waals surface area contributed by atoms with E-state index in [1.807, 2.05) is 56.3 Å². The van der Waals surface area contributed by atoms with Gasteiger partial charge in [-0.2, -0.15) is 10.2 Å². The molecule has 1 N–H and O–H groups in total. The number of benzene rings is 2. The van der Waals surface area contributed by atoms with E-state index in [0.29, 0.717) is 29.7 Å². The molecule has 0 radical (unpaired) electrons. The quantitative estimate of drug-likeness (QED) is 0.449. The van der Waals surface area contributed by atoms with Crippen molar-refractivity contribution in [2.45, 2.75) is 53.1 Å². The van der Waals surface area contributed by atoms with Crippen molar-refractivity contribution in [3.63, 3.8) is 0 Å². The molecule has 0 atom stereocenters. The van der Waals surface area contributed by atoms with Gasteiger partial charge in [0.25, 0.3) is 11.5 Å². The molecule has 0 aliphatic heterocycles. The van der Waals surface area contributed by atoms with Crippen LogP contribution in [0.15, 0.2) is 65.5 Å². The Bertz CT molecular complexity index is 1380. The van der Waals surface area contributed by atoms with Crippen LogP contribution in [0.5, 0.6) is 0 Å². The summed E-state index contributed by atoms with van der Waals surface area (Å²) in [5, 5.41) is 13.3. The molecular formula is C27H31N5O2. The van der Waals surface area contributed by atoms with Crippen LogP contribution in [0.2, 0.25) is 0 Å². The van der Waals surface area contributed by atoms with E-state index in [0.717, 1.165) is 11.3 Å². The van der Waals surface area contributed by atoms with E-state index in [9.17, 15) is 9.59 Å². The molecule has 0 unspecified atom stereocenters. The van der Waals surface area contributed by atoms with Gasteiger partial charge in [-0.3, -0.25) is 9.59 Å². The van der Waals surface area contributed by atoms with E-state index < -0.39 is 0 Å². The Hall–Kier alpha value is -3.74. The molecule has 4 rings (SSSR count). The molecular weight excluding hydrogens is 426 g/mol. The Labute approximate surface area is 199 Å². The van der Waals surface area contributed by atoms with Gasteiger partial charge in [0.15, 0.2) is 5.69 Å². The van der Waals surface area contributed by atoms with Gasteiger partial charge in [-0.25, -0.2) is 9.36 Å². The summed E-state index contributed by atoms with van der Waals surface area (Å²) in [7, 11) is 0. The molecule has 176 valence electrons. The van der Waals surface area contributed by atoms with Crippen LogP contribution in [0.3, 0.4) is 0 Å². The standard InChI is InChI=1S/C27H31N5O2/c1-18(2)16-32-26(34)21-14-10-9-13-20(21)24(30-32)25(33)28-23-15-22(27(3,4)5)29-31(23)17-19-11-7-6-8-12-19/h6-15,18H,16-17H2,1-5H3,(H,28,33). The predicted octanol–water partition coefficient (Wildman–Crippen LogP) is 4.85. The number of carbonyl (C=O) groups is 1. The van der Waals surface area contributed by atoms with Crippen molar-refractivity contribution in [3.05, 3.63) is 88.0 Å². The number of fused-ring (bicyclic) bond motifs is 1. The minimum atomic E-state index is -0.372. The van der Waals surface area contributed by atoms with Gasteiger partial charge in [0.05, 0.1) is 17.6 Å². The van der Waals surface area contributed by atoms with Crippen LogP contribution in [0.25, 0.3) is 10.8 Å². The first-order valence-electron chi connectivity index (χ1n) is 11.6.